The molecule has 1 fully saturated rings. The summed E-state index contributed by atoms with van der Waals surface area (Å²) >= 11 is 1.59. The quantitative estimate of drug-likeness (QED) is 0.330. The molecule has 4 atom stereocenters. The van der Waals surface area contributed by atoms with E-state index in [1.54, 1.807) is 18.0 Å². The first-order valence-electron chi connectivity index (χ1n) is 6.07. The van der Waals surface area contributed by atoms with E-state index in [0.29, 0.717) is 0 Å². The Kier molecular flexibility index (Phi) is 5.45. The number of nitrogens with zero attached hydrogens (tertiary/aromatic N) is 3. The summed E-state index contributed by atoms with van der Waals surface area (Å²) in [6, 6.07) is 0. The van der Waals surface area contributed by atoms with Crippen LogP contribution in [0.3, 0.4) is 0 Å². The predicted molar refractivity (Wildman–Crippen MR) is 73.4 cm³/mol. The molecule has 0 aliphatic carbocycles. The number of aromatic amines is 1. The van der Waals surface area contributed by atoms with E-state index < -0.39 is 31.2 Å². The van der Waals surface area contributed by atoms with Crippen molar-refractivity contribution in [1.82, 2.24) is 20.2 Å². The molecule has 21 heavy (non-hydrogen) atoms. The third-order valence-corrected chi connectivity index (χ3v) is 3.63. The molecule has 3 heterocycles. The number of thioether (sulfide) groups is 1. The Morgan fingerprint density at radius 3 is 2.57 bits per heavy atom. The Morgan fingerprint density at radius 1 is 1.29 bits per heavy atom. The normalized spacial score (nSPS) is 28.4. The minimum Gasteiger partial charge on any atom is -0.394 e. The van der Waals surface area contributed by atoms with Gasteiger partial charge in [-0.25, -0.2) is 9.97 Å². The van der Waals surface area contributed by atoms with Crippen LogP contribution in [0.15, 0.2) is 17.6 Å². The molecule has 0 aromatic carbocycles. The van der Waals surface area contributed by atoms with Gasteiger partial charge in [0.05, 0.1) is 18.2 Å². The Labute approximate surface area is 124 Å². The summed E-state index contributed by atoms with van der Waals surface area (Å²) in [5.74, 6) is 0. The number of rotatable bonds is 2. The highest BCUT2D eigenvalue weighted by Gasteiger charge is 2.41. The summed E-state index contributed by atoms with van der Waals surface area (Å²) in [6.45, 7) is -0.407. The molecule has 116 valence electrons. The predicted octanol–water partition coefficient (Wildman–Crippen LogP) is -1.51. The number of aliphatic hydroxyl groups excluding tert-OH is 4. The summed E-state index contributed by atoms with van der Waals surface area (Å²) in [7, 11) is 0. The Hall–Kier alpha value is -1.30. The van der Waals surface area contributed by atoms with Crippen LogP contribution in [-0.4, -0.2) is 78.1 Å². The van der Waals surface area contributed by atoms with Crippen LogP contribution in [0.1, 0.15) is 0 Å². The molecule has 0 saturated carbocycles. The van der Waals surface area contributed by atoms with Crippen LogP contribution in [0, 0.1) is 0 Å². The van der Waals surface area contributed by atoms with Gasteiger partial charge in [0.15, 0.2) is 11.9 Å². The maximum Gasteiger partial charge on any atom is 0.184 e. The molecule has 1 saturated heterocycles. The molecule has 2 aromatic heterocycles. The molecule has 10 heteroatoms. The van der Waals surface area contributed by atoms with Crippen molar-refractivity contribution in [3.63, 3.8) is 0 Å². The van der Waals surface area contributed by atoms with Gasteiger partial charge in [-0.2, -0.15) is 5.10 Å². The molecule has 1 aliphatic heterocycles. The summed E-state index contributed by atoms with van der Waals surface area (Å²) in [5.41, 5.74) is 0.796. The molecule has 9 nitrogen and oxygen atoms in total. The van der Waals surface area contributed by atoms with E-state index in [1.165, 1.54) is 6.33 Å². The third-order valence-electron chi connectivity index (χ3n) is 2.92. The maximum absolute atomic E-state index is 8.93. The molecule has 0 bridgehead atoms. The average Bonchev–Trinajstić information content (AvgIpc) is 3.08. The van der Waals surface area contributed by atoms with E-state index in [-0.39, 0.29) is 0 Å². The van der Waals surface area contributed by atoms with Crippen molar-refractivity contribution in [3.8, 4) is 0 Å². The second-order valence-corrected chi connectivity index (χ2v) is 5.04. The van der Waals surface area contributed by atoms with Crippen LogP contribution in [0.25, 0.3) is 11.0 Å². The molecule has 0 amide bonds. The second-order valence-electron chi connectivity index (χ2n) is 4.24. The number of nitrogens with one attached hydrogen (secondary N) is 1. The van der Waals surface area contributed by atoms with Crippen molar-refractivity contribution in [3.05, 3.63) is 12.5 Å². The first kappa shape index (κ1) is 16.1. The fourth-order valence-electron chi connectivity index (χ4n) is 1.79. The minimum absolute atomic E-state index is 0.407. The largest absolute Gasteiger partial charge is 0.394 e. The topological polar surface area (TPSA) is 145 Å². The zero-order valence-electron chi connectivity index (χ0n) is 11.1. The number of H-pyrrole nitrogens is 1. The van der Waals surface area contributed by atoms with Crippen molar-refractivity contribution in [2.24, 2.45) is 0 Å². The molecule has 1 unspecified atom stereocenters. The highest BCUT2D eigenvalue weighted by atomic mass is 32.2. The summed E-state index contributed by atoms with van der Waals surface area (Å²) < 4.78 is 4.54. The van der Waals surface area contributed by atoms with Gasteiger partial charge < -0.3 is 25.2 Å². The van der Waals surface area contributed by atoms with Gasteiger partial charge in [-0.15, -0.1) is 11.8 Å². The van der Waals surface area contributed by atoms with Gasteiger partial charge in [-0.3, -0.25) is 5.10 Å². The van der Waals surface area contributed by atoms with E-state index >= 15 is 0 Å². The van der Waals surface area contributed by atoms with Gasteiger partial charge in [-0.05, 0) is 6.26 Å². The fraction of sp³-hybridized carbons (Fsp3) is 0.545. The standard InChI is InChI=1S/C6H6N4S.C5H10O5/c1-11-6-4-2-9-10-5(4)7-3-8-6;6-1-2-3(7)4(8)5(9)10-2/h2-3H,1H3,(H,7,8,9,10);2-9H,1H2/t;2-,3-,4-,5?/m.1/s1. The van der Waals surface area contributed by atoms with Crippen molar-refractivity contribution in [2.75, 3.05) is 12.9 Å². The van der Waals surface area contributed by atoms with Crippen molar-refractivity contribution in [1.29, 1.82) is 0 Å². The molecular formula is C11H16N4O5S. The summed E-state index contributed by atoms with van der Waals surface area (Å²) in [6.07, 6.45) is 0.497. The van der Waals surface area contributed by atoms with Gasteiger partial charge in [0.1, 0.15) is 29.7 Å². The number of fused-ring (bicyclic) bond motifs is 1. The van der Waals surface area contributed by atoms with E-state index in [2.05, 4.69) is 24.9 Å². The van der Waals surface area contributed by atoms with E-state index in [0.717, 1.165) is 16.1 Å². The molecule has 2 aromatic rings. The number of hydrogen-bond donors (Lipinski definition) is 5. The van der Waals surface area contributed by atoms with Crippen LogP contribution in [-0.2, 0) is 4.74 Å². The molecule has 1 aliphatic rings. The van der Waals surface area contributed by atoms with Crippen LogP contribution in [0.4, 0.5) is 0 Å². The summed E-state index contributed by atoms with van der Waals surface area (Å²) in [4.78, 5) is 8.10. The van der Waals surface area contributed by atoms with E-state index in [4.69, 9.17) is 20.4 Å². The first-order chi connectivity index (χ1) is 10.1. The number of aromatic nitrogens is 4. The highest BCUT2D eigenvalue weighted by Crippen LogP contribution is 2.19. The van der Waals surface area contributed by atoms with E-state index in [1.807, 2.05) is 6.26 Å². The molecule has 3 rings (SSSR count). The lowest BCUT2D eigenvalue weighted by Gasteiger charge is -2.09. The molecule has 5 N–H and O–H groups in total. The number of hydrogen-bond acceptors (Lipinski definition) is 9. The van der Waals surface area contributed by atoms with Crippen LogP contribution < -0.4 is 0 Å². The fourth-order valence-corrected chi connectivity index (χ4v) is 2.31. The molecular weight excluding hydrogens is 300 g/mol. The van der Waals surface area contributed by atoms with Gasteiger partial charge in [0, 0.05) is 0 Å². The highest BCUT2D eigenvalue weighted by molar-refractivity contribution is 7.98. The molecule has 0 spiro atoms. The third kappa shape index (κ3) is 3.48. The minimum atomic E-state index is -1.38. The van der Waals surface area contributed by atoms with Gasteiger partial charge in [0.2, 0.25) is 0 Å². The summed E-state index contributed by atoms with van der Waals surface area (Å²) in [5, 5.41) is 43.6. The Bertz CT molecular complexity index is 582. The number of aliphatic hydroxyl groups is 4. The lowest BCUT2D eigenvalue weighted by Crippen LogP contribution is -2.33. The maximum atomic E-state index is 8.93. The van der Waals surface area contributed by atoms with Crippen LogP contribution >= 0.6 is 11.8 Å². The van der Waals surface area contributed by atoms with Gasteiger partial charge in [0.25, 0.3) is 0 Å². The lowest BCUT2D eigenvalue weighted by molar-refractivity contribution is -0.132. The van der Waals surface area contributed by atoms with Gasteiger partial charge in [-0.1, -0.05) is 0 Å². The van der Waals surface area contributed by atoms with Crippen molar-refractivity contribution >= 4 is 22.8 Å². The number of ether oxygens (including phenoxy) is 1. The second kappa shape index (κ2) is 7.11. The van der Waals surface area contributed by atoms with Crippen molar-refractivity contribution in [2.45, 2.75) is 29.6 Å². The van der Waals surface area contributed by atoms with Crippen LogP contribution in [0.2, 0.25) is 0 Å². The Morgan fingerprint density at radius 2 is 2.05 bits per heavy atom. The zero-order chi connectivity index (χ0) is 15.4. The smallest absolute Gasteiger partial charge is 0.184 e. The lowest BCUT2D eigenvalue weighted by atomic mass is 10.1. The van der Waals surface area contributed by atoms with Crippen LogP contribution in [0.5, 0.6) is 0 Å². The van der Waals surface area contributed by atoms with Gasteiger partial charge >= 0.3 is 0 Å². The van der Waals surface area contributed by atoms with E-state index in [9.17, 15) is 0 Å². The Balaban J connectivity index is 0.000000155. The molecule has 0 radical (unpaired) electrons. The average molecular weight is 316 g/mol. The van der Waals surface area contributed by atoms with Crippen molar-refractivity contribution < 1.29 is 25.2 Å². The first-order valence-corrected chi connectivity index (χ1v) is 7.29. The monoisotopic (exact) mass is 316 g/mol. The SMILES string of the molecule is CSc1ncnc2[nH]ncc12.OC[C@H]1OC(O)[C@H](O)[C@@H]1O. The zero-order valence-corrected chi connectivity index (χ0v) is 11.9.